The van der Waals surface area contributed by atoms with Gasteiger partial charge in [-0.15, -0.1) is 0 Å². The average molecular weight is 507 g/mol. The molecule has 2 atom stereocenters. The summed E-state index contributed by atoms with van der Waals surface area (Å²) in [5.41, 5.74) is -0.851. The van der Waals surface area contributed by atoms with E-state index in [1.54, 1.807) is 17.0 Å². The number of carbonyl (C=O) groups is 1. The van der Waals surface area contributed by atoms with Crippen molar-refractivity contribution in [1.82, 2.24) is 10.2 Å². The van der Waals surface area contributed by atoms with Gasteiger partial charge in [0.1, 0.15) is 11.4 Å². The Hall–Kier alpha value is -2.74. The fraction of sp³-hybridized carbons (Fsp3) is 0.536. The van der Waals surface area contributed by atoms with Gasteiger partial charge in [-0.05, 0) is 70.7 Å². The van der Waals surface area contributed by atoms with Crippen LogP contribution in [0, 0.1) is 0 Å². The van der Waals surface area contributed by atoms with E-state index in [1.807, 2.05) is 51.1 Å². The number of hydrogen-bond acceptors (Lipinski definition) is 4. The van der Waals surface area contributed by atoms with Crippen LogP contribution in [0.1, 0.15) is 70.2 Å². The number of likely N-dealkylation sites (tertiary alicyclic amines) is 1. The van der Waals surface area contributed by atoms with Crippen LogP contribution in [-0.2, 0) is 16.7 Å². The molecule has 5 nitrogen and oxygen atoms in total. The minimum Gasteiger partial charge on any atom is -0.496 e. The number of nitrogens with one attached hydrogen (secondary N) is 1. The quantitative estimate of drug-likeness (QED) is 0.470. The molecular weight excluding hydrogens is 469 g/mol. The molecule has 1 fully saturated rings. The summed E-state index contributed by atoms with van der Waals surface area (Å²) in [6.45, 7) is 8.72. The number of rotatable bonds is 6. The Morgan fingerprint density at radius 3 is 2.31 bits per heavy atom. The van der Waals surface area contributed by atoms with Crippen molar-refractivity contribution < 1.29 is 27.4 Å². The van der Waals surface area contributed by atoms with E-state index in [1.165, 1.54) is 27.0 Å². The molecule has 3 rings (SSSR count). The van der Waals surface area contributed by atoms with Crippen molar-refractivity contribution in [1.29, 1.82) is 0 Å². The van der Waals surface area contributed by atoms with Crippen LogP contribution >= 0.6 is 0 Å². The van der Waals surface area contributed by atoms with E-state index < -0.39 is 17.2 Å². The second-order valence-electron chi connectivity index (χ2n) is 10.8. The van der Waals surface area contributed by atoms with E-state index in [0.29, 0.717) is 24.4 Å². The maximum Gasteiger partial charge on any atom is 0.410 e. The van der Waals surface area contributed by atoms with E-state index in [9.17, 15) is 18.0 Å². The van der Waals surface area contributed by atoms with Crippen LogP contribution in [0.3, 0.4) is 0 Å². The molecule has 0 aliphatic carbocycles. The number of nitrogens with zero attached hydrogens (tertiary/aromatic N) is 1. The Bertz CT molecular complexity index is 1030. The zero-order valence-electron chi connectivity index (χ0n) is 21.9. The maximum absolute atomic E-state index is 13.7. The fourth-order valence-electron chi connectivity index (χ4n) is 4.51. The molecule has 1 N–H and O–H groups in total. The minimum absolute atomic E-state index is 0.127. The summed E-state index contributed by atoms with van der Waals surface area (Å²) < 4.78 is 52.2. The first-order valence-electron chi connectivity index (χ1n) is 12.3. The Balaban J connectivity index is 1.90. The first-order valence-corrected chi connectivity index (χ1v) is 12.3. The number of ether oxygens (including phenoxy) is 2. The highest BCUT2D eigenvalue weighted by Crippen LogP contribution is 2.41. The minimum atomic E-state index is -4.39. The molecule has 1 aliphatic heterocycles. The standard InChI is InChI=1S/C28H37F3N2O3/c1-26(2,3)36-25(34)33-16-10-13-22(24(33)19-11-8-7-9-12-19)32-18-20-17-21(14-15-23(20)35-6)27(4,5)28(29,30)31/h7-9,11-12,14-15,17,22,24,32H,10,13,16,18H2,1-6H3. The normalized spacial score (nSPS) is 19.2. The molecule has 2 unspecified atom stereocenters. The predicted molar refractivity (Wildman–Crippen MR) is 134 cm³/mol. The number of alkyl halides is 3. The number of piperidine rings is 1. The first kappa shape index (κ1) is 27.8. The van der Waals surface area contributed by atoms with Gasteiger partial charge in [0.25, 0.3) is 0 Å². The van der Waals surface area contributed by atoms with Crippen molar-refractivity contribution in [2.24, 2.45) is 0 Å². The molecule has 198 valence electrons. The molecule has 1 saturated heterocycles. The van der Waals surface area contributed by atoms with E-state index in [4.69, 9.17) is 9.47 Å². The Morgan fingerprint density at radius 2 is 1.72 bits per heavy atom. The lowest BCUT2D eigenvalue weighted by Crippen LogP contribution is -2.51. The third-order valence-corrected chi connectivity index (χ3v) is 6.67. The second kappa shape index (κ2) is 10.7. The molecule has 8 heteroatoms. The number of benzene rings is 2. The SMILES string of the molecule is COc1ccc(C(C)(C)C(F)(F)F)cc1CNC1CCCN(C(=O)OC(C)(C)C)C1c1ccccc1. The van der Waals surface area contributed by atoms with Crippen LogP contribution in [0.2, 0.25) is 0 Å². The van der Waals surface area contributed by atoms with Crippen molar-refractivity contribution in [2.45, 2.75) is 83.3 Å². The maximum atomic E-state index is 13.7. The second-order valence-corrected chi connectivity index (χ2v) is 10.8. The summed E-state index contributed by atoms with van der Waals surface area (Å²) in [5, 5.41) is 3.52. The molecule has 2 aromatic rings. The number of amides is 1. The van der Waals surface area contributed by atoms with Gasteiger partial charge in [0.05, 0.1) is 18.6 Å². The Morgan fingerprint density at radius 1 is 1.06 bits per heavy atom. The van der Waals surface area contributed by atoms with Gasteiger partial charge in [-0.25, -0.2) is 4.79 Å². The van der Waals surface area contributed by atoms with Crippen LogP contribution in [0.4, 0.5) is 18.0 Å². The van der Waals surface area contributed by atoms with Crippen molar-refractivity contribution in [3.63, 3.8) is 0 Å². The van der Waals surface area contributed by atoms with Crippen LogP contribution in [0.25, 0.3) is 0 Å². The van der Waals surface area contributed by atoms with Crippen LogP contribution in [0.15, 0.2) is 48.5 Å². The number of halogens is 3. The topological polar surface area (TPSA) is 50.8 Å². The number of hydrogen-bond donors (Lipinski definition) is 1. The Labute approximate surface area is 212 Å². The van der Waals surface area contributed by atoms with Gasteiger partial charge in [-0.2, -0.15) is 13.2 Å². The molecule has 0 saturated carbocycles. The predicted octanol–water partition coefficient (Wildman–Crippen LogP) is 6.77. The van der Waals surface area contributed by atoms with Gasteiger partial charge in [-0.1, -0.05) is 36.4 Å². The molecule has 1 heterocycles. The molecule has 0 spiro atoms. The van der Waals surface area contributed by atoms with Gasteiger partial charge in [0.15, 0.2) is 0 Å². The van der Waals surface area contributed by atoms with Crippen molar-refractivity contribution in [3.8, 4) is 5.75 Å². The van der Waals surface area contributed by atoms with Gasteiger partial charge in [-0.3, -0.25) is 4.90 Å². The van der Waals surface area contributed by atoms with E-state index in [0.717, 1.165) is 18.4 Å². The van der Waals surface area contributed by atoms with Gasteiger partial charge in [0, 0.05) is 24.7 Å². The first-order chi connectivity index (χ1) is 16.7. The summed E-state index contributed by atoms with van der Waals surface area (Å²) in [4.78, 5) is 14.9. The highest BCUT2D eigenvalue weighted by Gasteiger charge is 2.48. The van der Waals surface area contributed by atoms with E-state index in [-0.39, 0.29) is 23.7 Å². The molecule has 36 heavy (non-hydrogen) atoms. The summed E-state index contributed by atoms with van der Waals surface area (Å²) in [6.07, 6.45) is -3.19. The van der Waals surface area contributed by atoms with Crippen LogP contribution in [0.5, 0.6) is 5.75 Å². The summed E-state index contributed by atoms with van der Waals surface area (Å²) >= 11 is 0. The smallest absolute Gasteiger partial charge is 0.410 e. The van der Waals surface area contributed by atoms with E-state index in [2.05, 4.69) is 5.32 Å². The number of carbonyl (C=O) groups excluding carboxylic acids is 1. The molecular formula is C28H37F3N2O3. The lowest BCUT2D eigenvalue weighted by atomic mass is 9.83. The summed E-state index contributed by atoms with van der Waals surface area (Å²) in [6, 6.07) is 13.9. The fourth-order valence-corrected chi connectivity index (χ4v) is 4.51. The van der Waals surface area contributed by atoms with Crippen LogP contribution in [-0.4, -0.2) is 42.5 Å². The van der Waals surface area contributed by atoms with Gasteiger partial charge < -0.3 is 14.8 Å². The molecule has 1 aliphatic rings. The third-order valence-electron chi connectivity index (χ3n) is 6.67. The lowest BCUT2D eigenvalue weighted by molar-refractivity contribution is -0.180. The summed E-state index contributed by atoms with van der Waals surface area (Å²) in [5.74, 6) is 0.514. The zero-order chi connectivity index (χ0) is 26.7. The van der Waals surface area contributed by atoms with Crippen molar-refractivity contribution in [2.75, 3.05) is 13.7 Å². The van der Waals surface area contributed by atoms with E-state index >= 15 is 0 Å². The average Bonchev–Trinajstić information content (AvgIpc) is 2.81. The monoisotopic (exact) mass is 506 g/mol. The molecule has 0 bridgehead atoms. The zero-order valence-corrected chi connectivity index (χ0v) is 21.9. The molecule has 1 amide bonds. The largest absolute Gasteiger partial charge is 0.496 e. The highest BCUT2D eigenvalue weighted by molar-refractivity contribution is 5.69. The molecule has 0 radical (unpaired) electrons. The number of methoxy groups -OCH3 is 1. The van der Waals surface area contributed by atoms with Crippen molar-refractivity contribution >= 4 is 6.09 Å². The summed E-state index contributed by atoms with van der Waals surface area (Å²) in [7, 11) is 1.50. The Kier molecular flexibility index (Phi) is 8.28. The van der Waals surface area contributed by atoms with Crippen LogP contribution < -0.4 is 10.1 Å². The van der Waals surface area contributed by atoms with Crippen molar-refractivity contribution in [3.05, 3.63) is 65.2 Å². The highest BCUT2D eigenvalue weighted by atomic mass is 19.4. The molecule has 2 aromatic carbocycles. The third kappa shape index (κ3) is 6.33. The molecule has 0 aromatic heterocycles. The van der Waals surface area contributed by atoms with Gasteiger partial charge in [0.2, 0.25) is 0 Å². The lowest BCUT2D eigenvalue weighted by Gasteiger charge is -2.42. The van der Waals surface area contributed by atoms with Gasteiger partial charge >= 0.3 is 12.3 Å².